The first kappa shape index (κ1) is 28.7. The van der Waals surface area contributed by atoms with E-state index in [1.54, 1.807) is 121 Å². The molecule has 0 saturated heterocycles. The molecule has 1 aliphatic carbocycles. The number of carbonyl (C=O) groups excluding carboxylic acids is 2. The van der Waals surface area contributed by atoms with Crippen LogP contribution >= 0.6 is 0 Å². The van der Waals surface area contributed by atoms with Crippen LogP contribution in [0, 0.1) is 10.8 Å². The monoisotopic (exact) mass is 560 g/mol. The SMILES string of the molecule is O=C(CC1(C(=O)O)CC(c2ccccc2)C(CC(=O)c2ccccc2)(C(=O)O)CC1c1ccccc1)c1ccccc1. The number of carboxylic acid groups (broad SMARTS) is 2. The van der Waals surface area contributed by atoms with Crippen LogP contribution < -0.4 is 0 Å². The molecule has 4 aromatic rings. The summed E-state index contributed by atoms with van der Waals surface area (Å²) in [6.45, 7) is 0. The van der Waals surface area contributed by atoms with Gasteiger partial charge in [-0.3, -0.25) is 19.2 Å². The molecule has 6 heteroatoms. The fraction of sp³-hybridized carbons (Fsp3) is 0.222. The Balaban J connectivity index is 1.70. The third-order valence-electron chi connectivity index (χ3n) is 8.87. The van der Waals surface area contributed by atoms with Crippen molar-refractivity contribution in [3.8, 4) is 0 Å². The van der Waals surface area contributed by atoms with Gasteiger partial charge in [0.05, 0.1) is 10.8 Å². The molecule has 42 heavy (non-hydrogen) atoms. The molecule has 0 aromatic heterocycles. The van der Waals surface area contributed by atoms with Crippen LogP contribution in [0.5, 0.6) is 0 Å². The van der Waals surface area contributed by atoms with Crippen molar-refractivity contribution in [3.05, 3.63) is 144 Å². The fourth-order valence-electron chi connectivity index (χ4n) is 6.69. The second kappa shape index (κ2) is 12.0. The summed E-state index contributed by atoms with van der Waals surface area (Å²) in [6.07, 6.45) is -0.868. The van der Waals surface area contributed by atoms with Crippen molar-refractivity contribution >= 4 is 23.5 Å². The van der Waals surface area contributed by atoms with E-state index in [0.717, 1.165) is 0 Å². The quantitative estimate of drug-likeness (QED) is 0.202. The minimum Gasteiger partial charge on any atom is -0.481 e. The molecule has 4 aromatic carbocycles. The predicted molar refractivity (Wildman–Crippen MR) is 159 cm³/mol. The molecule has 1 aliphatic rings. The zero-order valence-corrected chi connectivity index (χ0v) is 23.1. The van der Waals surface area contributed by atoms with E-state index in [2.05, 4.69) is 0 Å². The number of carboxylic acids is 2. The molecule has 1 saturated carbocycles. The molecule has 0 bridgehead atoms. The normalized spacial score (nSPS) is 23.5. The van der Waals surface area contributed by atoms with E-state index < -0.39 is 34.6 Å². The zero-order valence-electron chi connectivity index (χ0n) is 23.1. The van der Waals surface area contributed by atoms with Crippen LogP contribution in [0.2, 0.25) is 0 Å². The Morgan fingerprint density at radius 1 is 0.500 bits per heavy atom. The van der Waals surface area contributed by atoms with E-state index in [-0.39, 0.29) is 37.2 Å². The van der Waals surface area contributed by atoms with Crippen molar-refractivity contribution in [2.24, 2.45) is 10.8 Å². The van der Waals surface area contributed by atoms with Crippen molar-refractivity contribution in [3.63, 3.8) is 0 Å². The minimum atomic E-state index is -1.62. The van der Waals surface area contributed by atoms with E-state index in [0.29, 0.717) is 22.3 Å². The number of benzene rings is 4. The van der Waals surface area contributed by atoms with Crippen LogP contribution in [-0.2, 0) is 9.59 Å². The molecule has 0 heterocycles. The van der Waals surface area contributed by atoms with Gasteiger partial charge in [-0.2, -0.15) is 0 Å². The fourth-order valence-corrected chi connectivity index (χ4v) is 6.69. The molecule has 0 aliphatic heterocycles. The summed E-state index contributed by atoms with van der Waals surface area (Å²) in [5.41, 5.74) is -1.19. The number of rotatable bonds is 10. The number of Topliss-reactive ketones (excluding diaryl/α,β-unsaturated/α-hetero) is 2. The number of ketones is 2. The maximum atomic E-state index is 13.7. The van der Waals surface area contributed by atoms with Crippen molar-refractivity contribution < 1.29 is 29.4 Å². The molecule has 5 rings (SSSR count). The van der Waals surface area contributed by atoms with Crippen LogP contribution in [0.1, 0.15) is 69.4 Å². The lowest BCUT2D eigenvalue weighted by atomic mass is 9.48. The van der Waals surface area contributed by atoms with Crippen LogP contribution in [0.25, 0.3) is 0 Å². The van der Waals surface area contributed by atoms with E-state index in [4.69, 9.17) is 0 Å². The molecule has 4 unspecified atom stereocenters. The van der Waals surface area contributed by atoms with Gasteiger partial charge in [-0.15, -0.1) is 0 Å². The Labute approximate surface area is 244 Å². The molecule has 2 N–H and O–H groups in total. The summed E-state index contributed by atoms with van der Waals surface area (Å²) in [5.74, 6) is -4.65. The van der Waals surface area contributed by atoms with Gasteiger partial charge in [0.2, 0.25) is 0 Å². The summed E-state index contributed by atoms with van der Waals surface area (Å²) in [4.78, 5) is 54.3. The number of aliphatic carboxylic acids is 2. The van der Waals surface area contributed by atoms with Gasteiger partial charge in [-0.05, 0) is 24.0 Å². The highest BCUT2D eigenvalue weighted by molar-refractivity contribution is 6.01. The van der Waals surface area contributed by atoms with Gasteiger partial charge in [-0.25, -0.2) is 0 Å². The molecule has 0 amide bonds. The van der Waals surface area contributed by atoms with E-state index >= 15 is 0 Å². The molecule has 6 nitrogen and oxygen atoms in total. The molecular weight excluding hydrogens is 528 g/mol. The number of carbonyl (C=O) groups is 4. The highest BCUT2D eigenvalue weighted by Gasteiger charge is 2.62. The second-order valence-corrected chi connectivity index (χ2v) is 11.2. The van der Waals surface area contributed by atoms with Crippen molar-refractivity contribution in [2.45, 2.75) is 37.5 Å². The van der Waals surface area contributed by atoms with Gasteiger partial charge in [0.15, 0.2) is 11.6 Å². The molecular formula is C36H32O6. The average Bonchev–Trinajstić information content (AvgIpc) is 3.03. The standard InChI is InChI=1S/C36H32O6/c37-31(27-17-9-3-10-18-27)23-35(33(39)40)22-30(26-15-7-2-8-16-26)36(34(41)42,21-29(35)25-13-5-1-6-14-25)24-32(38)28-19-11-4-12-20-28/h1-20,29-30H,21-24H2,(H,39,40)(H,41,42). The first-order chi connectivity index (χ1) is 20.3. The van der Waals surface area contributed by atoms with Gasteiger partial charge in [0.25, 0.3) is 0 Å². The van der Waals surface area contributed by atoms with Gasteiger partial charge >= 0.3 is 11.9 Å². The summed E-state index contributed by atoms with van der Waals surface area (Å²) >= 11 is 0. The maximum absolute atomic E-state index is 13.7. The van der Waals surface area contributed by atoms with Crippen LogP contribution in [0.3, 0.4) is 0 Å². The van der Waals surface area contributed by atoms with Gasteiger partial charge in [0.1, 0.15) is 0 Å². The van der Waals surface area contributed by atoms with Crippen molar-refractivity contribution in [1.29, 1.82) is 0 Å². The van der Waals surface area contributed by atoms with Gasteiger partial charge in [-0.1, -0.05) is 121 Å². The van der Waals surface area contributed by atoms with Crippen LogP contribution in [0.4, 0.5) is 0 Å². The maximum Gasteiger partial charge on any atom is 0.310 e. The van der Waals surface area contributed by atoms with E-state index in [9.17, 15) is 29.4 Å². The predicted octanol–water partition coefficient (Wildman–Crippen LogP) is 7.04. The van der Waals surface area contributed by atoms with Crippen molar-refractivity contribution in [1.82, 2.24) is 0 Å². The summed E-state index contributed by atoms with van der Waals surface area (Å²) in [5, 5.41) is 22.0. The first-order valence-corrected chi connectivity index (χ1v) is 14.0. The van der Waals surface area contributed by atoms with E-state index in [1.165, 1.54) is 0 Å². The van der Waals surface area contributed by atoms with Crippen LogP contribution in [0.15, 0.2) is 121 Å². The van der Waals surface area contributed by atoms with E-state index in [1.807, 2.05) is 0 Å². The third kappa shape index (κ3) is 5.40. The smallest absolute Gasteiger partial charge is 0.310 e. The highest BCUT2D eigenvalue weighted by Crippen LogP contribution is 2.63. The largest absolute Gasteiger partial charge is 0.481 e. The summed E-state index contributed by atoms with van der Waals surface area (Å²) in [6, 6.07) is 35.0. The Kier molecular flexibility index (Phi) is 8.16. The van der Waals surface area contributed by atoms with Gasteiger partial charge < -0.3 is 10.2 Å². The van der Waals surface area contributed by atoms with Crippen molar-refractivity contribution in [2.75, 3.05) is 0 Å². The third-order valence-corrected chi connectivity index (χ3v) is 8.87. The molecule has 0 radical (unpaired) electrons. The summed E-state index contributed by atoms with van der Waals surface area (Å²) in [7, 11) is 0. The Morgan fingerprint density at radius 3 is 1.07 bits per heavy atom. The Hall–Kier alpha value is -4.84. The summed E-state index contributed by atoms with van der Waals surface area (Å²) < 4.78 is 0. The van der Waals surface area contributed by atoms with Gasteiger partial charge in [0, 0.05) is 35.8 Å². The topological polar surface area (TPSA) is 109 Å². The first-order valence-electron chi connectivity index (χ1n) is 14.0. The zero-order chi connectivity index (χ0) is 29.7. The Bertz CT molecular complexity index is 1450. The highest BCUT2D eigenvalue weighted by atomic mass is 16.4. The van der Waals surface area contributed by atoms with Crippen LogP contribution in [-0.4, -0.2) is 33.7 Å². The average molecular weight is 561 g/mol. The lowest BCUT2D eigenvalue weighted by Crippen LogP contribution is -2.53. The Morgan fingerprint density at radius 2 is 0.786 bits per heavy atom. The second-order valence-electron chi connectivity index (χ2n) is 11.2. The lowest BCUT2D eigenvalue weighted by molar-refractivity contribution is -0.165. The minimum absolute atomic E-state index is 0.126. The number of hydrogen-bond donors (Lipinski definition) is 2. The molecule has 0 spiro atoms. The molecule has 1 fully saturated rings. The number of hydrogen-bond acceptors (Lipinski definition) is 4. The molecule has 4 atom stereocenters. The molecule has 212 valence electrons. The lowest BCUT2D eigenvalue weighted by Gasteiger charge is -2.52.